The van der Waals surface area contributed by atoms with Crippen molar-refractivity contribution in [2.45, 2.75) is 248 Å². The minimum absolute atomic E-state index is 0.176. The SMILES string of the molecule is CC(=O)O[C@@H]1[C@@H](O)[C@H](O)[C@@H](O[C@@H]2[C@H](O)C(C)(C)CC3C4=CCC5[C@@]6(C)CC[C@H](O[C@H]7O[C@H](C(=O)O)[C@@H](O)[C@H](O[C@H]8O[C@H](CO)[C@@H](O)[C@@H]8O)[C@H]7O[C@@H]7O[C@H](CO)[C@H](O)[C@H](O)[C@H]7O)C(C)(C)C6CC[C@@]5(C)[C@]4(C)[C@H](O)[C@H](O)[C@]32CO)O[C@H]1C. The number of fused-ring (bicyclic) bond motifs is 7. The number of carbonyl (C=O) groups is 2. The van der Waals surface area contributed by atoms with Crippen molar-refractivity contribution in [2.75, 3.05) is 19.8 Å². The van der Waals surface area contributed by atoms with Crippen LogP contribution in [0.15, 0.2) is 11.6 Å². The molecule has 0 bridgehead atoms. The van der Waals surface area contributed by atoms with Crippen LogP contribution in [-0.2, 0) is 52.2 Å². The van der Waals surface area contributed by atoms with E-state index in [1.54, 1.807) is 0 Å². The third kappa shape index (κ3) is 9.78. The lowest BCUT2D eigenvalue weighted by molar-refractivity contribution is -0.386. The lowest BCUT2D eigenvalue weighted by atomic mass is 9.32. The minimum Gasteiger partial charge on any atom is -0.479 e. The fourth-order valence-electron chi connectivity index (χ4n) is 17.0. The van der Waals surface area contributed by atoms with Gasteiger partial charge in [-0.25, -0.2) is 4.79 Å². The molecule has 5 aliphatic carbocycles. The molecular formula is C55H88O26. The number of aliphatic hydroxyl groups is 14. The summed E-state index contributed by atoms with van der Waals surface area (Å²) >= 11 is 0. The van der Waals surface area contributed by atoms with Crippen LogP contribution in [0, 0.1) is 50.2 Å². The van der Waals surface area contributed by atoms with Crippen LogP contribution in [0.25, 0.3) is 0 Å². The third-order valence-electron chi connectivity index (χ3n) is 21.8. The Hall–Kier alpha value is -2.20. The van der Waals surface area contributed by atoms with Crippen molar-refractivity contribution in [2.24, 2.45) is 50.2 Å². The molecule has 4 saturated carbocycles. The highest BCUT2D eigenvalue weighted by molar-refractivity contribution is 5.73. The molecule has 0 radical (unpaired) electrons. The molecule has 3 unspecified atom stereocenters. The van der Waals surface area contributed by atoms with Gasteiger partial charge in [-0.2, -0.15) is 0 Å². The van der Waals surface area contributed by atoms with Gasteiger partial charge in [-0.1, -0.05) is 60.1 Å². The lowest BCUT2D eigenvalue weighted by Gasteiger charge is -2.73. The Morgan fingerprint density at radius 2 is 1.17 bits per heavy atom. The van der Waals surface area contributed by atoms with Crippen LogP contribution >= 0.6 is 0 Å². The summed E-state index contributed by atoms with van der Waals surface area (Å²) < 4.78 is 54.1. The fraction of sp³-hybridized carbons (Fsp3) is 0.927. The summed E-state index contributed by atoms with van der Waals surface area (Å²) in [5.41, 5.74) is -5.22. The van der Waals surface area contributed by atoms with Crippen LogP contribution < -0.4 is 0 Å². The van der Waals surface area contributed by atoms with E-state index in [-0.39, 0.29) is 18.3 Å². The standard InChI is InChI=1S/C55H88O26/c1-20-37(74-21(2)59)32(63)35(66)46(73-20)81-44-43(70)50(3,4)16-23-22-10-11-27-52(7)14-13-28(51(5,6)26(52)12-15-53(27,8)54(22,9)41(68)42(69)55(23,44)19-58)77-49-40(80-48-34(65)31(62)29(60)24(17-56)75-48)38(36(67)39(79-49)45(71)72)78-47-33(64)30(61)25(18-57)76-47/h10,20,23-44,46-49,56-58,60-70H,11-19H2,1-9H3,(H,71,72)/t20-,23?,24+,25+,26?,27?,28-,29-,30+,31-,32-,33-,34+,35-,36-,37-,38-,39-,40+,41+,42-,43-,44+,46+,47+,48-,49-,52-,53+,54-,55-/m0/s1. The van der Waals surface area contributed by atoms with Crippen molar-refractivity contribution < 1.29 is 129 Å². The molecule has 81 heavy (non-hydrogen) atoms. The van der Waals surface area contributed by atoms with E-state index in [4.69, 9.17) is 42.6 Å². The zero-order valence-electron chi connectivity index (χ0n) is 47.2. The first-order valence-corrected chi connectivity index (χ1v) is 28.4. The van der Waals surface area contributed by atoms with Gasteiger partial charge in [-0.3, -0.25) is 4.79 Å². The van der Waals surface area contributed by atoms with E-state index in [1.165, 1.54) is 6.92 Å². The average Bonchev–Trinajstić information content (AvgIpc) is 3.21. The van der Waals surface area contributed by atoms with Gasteiger partial charge in [0, 0.05) is 12.3 Å². The Kier molecular flexibility index (Phi) is 17.6. The molecule has 0 amide bonds. The molecule has 0 aromatic carbocycles. The molecular weight excluding hydrogens is 1080 g/mol. The van der Waals surface area contributed by atoms with Crippen LogP contribution in [0.3, 0.4) is 0 Å². The van der Waals surface area contributed by atoms with Crippen LogP contribution in [0.1, 0.15) is 101 Å². The lowest BCUT2D eigenvalue weighted by Crippen LogP contribution is -2.76. The smallest absolute Gasteiger partial charge is 0.335 e. The zero-order chi connectivity index (χ0) is 59.8. The van der Waals surface area contributed by atoms with E-state index in [9.17, 15) is 86.2 Å². The molecule has 26 nitrogen and oxygen atoms in total. The van der Waals surface area contributed by atoms with Crippen LogP contribution in [-0.4, -0.2) is 256 Å². The molecule has 9 rings (SSSR count). The minimum atomic E-state index is -2.14. The molecule has 4 aliphatic heterocycles. The van der Waals surface area contributed by atoms with Gasteiger partial charge in [0.05, 0.1) is 61.9 Å². The first-order chi connectivity index (χ1) is 37.7. The number of aliphatic hydroxyl groups excluding tert-OH is 14. The highest BCUT2D eigenvalue weighted by atomic mass is 16.8. The van der Waals surface area contributed by atoms with E-state index in [1.807, 2.05) is 34.6 Å². The summed E-state index contributed by atoms with van der Waals surface area (Å²) in [6.07, 6.45) is -35.3. The maximum absolute atomic E-state index is 13.0. The maximum Gasteiger partial charge on any atom is 0.335 e. The second kappa shape index (κ2) is 22.5. The zero-order valence-corrected chi connectivity index (χ0v) is 47.2. The van der Waals surface area contributed by atoms with Gasteiger partial charge < -0.3 is 119 Å². The maximum atomic E-state index is 13.0. The van der Waals surface area contributed by atoms with Crippen LogP contribution in [0.5, 0.6) is 0 Å². The van der Waals surface area contributed by atoms with Crippen molar-refractivity contribution >= 4 is 11.9 Å². The number of hydrogen-bond donors (Lipinski definition) is 15. The molecule has 8 fully saturated rings. The van der Waals surface area contributed by atoms with Crippen molar-refractivity contribution in [3.63, 3.8) is 0 Å². The molecule has 15 N–H and O–H groups in total. The Labute approximate surface area is 469 Å². The molecule has 31 atom stereocenters. The molecule has 26 heteroatoms. The number of carboxylic acids is 1. The normalized spacial score (nSPS) is 54.0. The number of rotatable bonds is 13. The van der Waals surface area contributed by atoms with Crippen molar-refractivity contribution in [1.82, 2.24) is 0 Å². The Morgan fingerprint density at radius 1 is 0.605 bits per heavy atom. The number of ether oxygens (including phenoxy) is 9. The van der Waals surface area contributed by atoms with Crippen molar-refractivity contribution in [3.05, 3.63) is 11.6 Å². The van der Waals surface area contributed by atoms with Crippen LogP contribution in [0.2, 0.25) is 0 Å². The topological polar surface area (TPSA) is 421 Å². The van der Waals surface area contributed by atoms with E-state index in [0.29, 0.717) is 32.1 Å². The van der Waals surface area contributed by atoms with Gasteiger partial charge in [-0.15, -0.1) is 0 Å². The summed E-state index contributed by atoms with van der Waals surface area (Å²) in [7, 11) is 0. The first kappa shape index (κ1) is 63.3. The second-order valence-corrected chi connectivity index (χ2v) is 26.7. The molecule has 0 aromatic rings. The Bertz CT molecular complexity index is 2300. The van der Waals surface area contributed by atoms with Crippen molar-refractivity contribution in [3.8, 4) is 0 Å². The monoisotopic (exact) mass is 1160 g/mol. The highest BCUT2D eigenvalue weighted by Gasteiger charge is 2.76. The average molecular weight is 1170 g/mol. The number of hydrogen-bond acceptors (Lipinski definition) is 25. The summed E-state index contributed by atoms with van der Waals surface area (Å²) in [6, 6.07) is 0. The highest BCUT2D eigenvalue weighted by Crippen LogP contribution is 2.76. The molecule has 4 heterocycles. The molecule has 9 aliphatic rings. The Morgan fingerprint density at radius 3 is 1.75 bits per heavy atom. The number of carboxylic acid groups (broad SMARTS) is 1. The largest absolute Gasteiger partial charge is 0.479 e. The number of aliphatic carboxylic acids is 1. The van der Waals surface area contributed by atoms with E-state index < -0.39 is 217 Å². The van der Waals surface area contributed by atoms with E-state index >= 15 is 0 Å². The van der Waals surface area contributed by atoms with Gasteiger partial charge in [0.1, 0.15) is 73.2 Å². The molecule has 0 aromatic heterocycles. The van der Waals surface area contributed by atoms with Crippen molar-refractivity contribution in [1.29, 1.82) is 0 Å². The summed E-state index contributed by atoms with van der Waals surface area (Å²) in [4.78, 5) is 24.8. The quantitative estimate of drug-likeness (QED) is 0.0487. The predicted molar refractivity (Wildman–Crippen MR) is 271 cm³/mol. The fourth-order valence-corrected chi connectivity index (χ4v) is 17.0. The second-order valence-electron chi connectivity index (χ2n) is 26.7. The summed E-state index contributed by atoms with van der Waals surface area (Å²) in [5, 5.41) is 168. The van der Waals surface area contributed by atoms with Gasteiger partial charge >= 0.3 is 11.9 Å². The predicted octanol–water partition coefficient (Wildman–Crippen LogP) is -3.35. The van der Waals surface area contributed by atoms with Gasteiger partial charge in [0.2, 0.25) is 0 Å². The molecule has 4 saturated heterocycles. The van der Waals surface area contributed by atoms with Gasteiger partial charge in [-0.05, 0) is 84.9 Å². The summed E-state index contributed by atoms with van der Waals surface area (Å²) in [6.45, 7) is 14.2. The van der Waals surface area contributed by atoms with Gasteiger partial charge in [0.15, 0.2) is 37.4 Å². The number of carbonyl (C=O) groups excluding carboxylic acids is 1. The number of esters is 1. The van der Waals surface area contributed by atoms with Gasteiger partial charge in [0.25, 0.3) is 0 Å². The molecule has 464 valence electrons. The number of allylic oxidation sites excluding steroid dienone is 1. The Balaban J connectivity index is 1.02. The molecule has 0 spiro atoms. The first-order valence-electron chi connectivity index (χ1n) is 28.4. The summed E-state index contributed by atoms with van der Waals surface area (Å²) in [5.74, 6) is -3.45. The third-order valence-corrected chi connectivity index (χ3v) is 21.8. The van der Waals surface area contributed by atoms with Crippen LogP contribution in [0.4, 0.5) is 0 Å². The van der Waals surface area contributed by atoms with E-state index in [2.05, 4.69) is 19.9 Å². The van der Waals surface area contributed by atoms with E-state index in [0.717, 1.165) is 12.5 Å².